The number of likely N-dealkylation sites (tertiary alicyclic amines) is 1. The molecule has 1 aliphatic heterocycles. The maximum Gasteiger partial charge on any atom is 0.306 e. The van der Waals surface area contributed by atoms with E-state index in [1.807, 2.05) is 0 Å². The van der Waals surface area contributed by atoms with E-state index in [1.165, 1.54) is 17.0 Å². The Morgan fingerprint density at radius 2 is 1.80 bits per heavy atom. The Bertz CT molecular complexity index is 624. The van der Waals surface area contributed by atoms with Gasteiger partial charge < -0.3 is 14.9 Å². The van der Waals surface area contributed by atoms with Crippen LogP contribution in [0, 0.1) is 11.7 Å². The summed E-state index contributed by atoms with van der Waals surface area (Å²) in [6, 6.07) is 5.99. The number of amides is 2. The Hall–Kier alpha value is -2.44. The first-order valence-electron chi connectivity index (χ1n) is 8.36. The van der Waals surface area contributed by atoms with E-state index in [2.05, 4.69) is 0 Å². The summed E-state index contributed by atoms with van der Waals surface area (Å²) in [5.41, 5.74) is 0.866. The summed E-state index contributed by atoms with van der Waals surface area (Å²) in [7, 11) is 1.58. The summed E-state index contributed by atoms with van der Waals surface area (Å²) in [5, 5.41) is 8.97. The molecular formula is C18H23FN2O4. The number of hydrogen-bond donors (Lipinski definition) is 1. The van der Waals surface area contributed by atoms with Gasteiger partial charge in [-0.15, -0.1) is 0 Å². The van der Waals surface area contributed by atoms with Crippen LogP contribution in [0.1, 0.15) is 24.8 Å². The Morgan fingerprint density at radius 1 is 1.20 bits per heavy atom. The molecule has 0 radical (unpaired) electrons. The van der Waals surface area contributed by atoms with E-state index in [1.54, 1.807) is 24.1 Å². The molecule has 1 heterocycles. The van der Waals surface area contributed by atoms with Crippen LogP contribution in [0.4, 0.5) is 4.39 Å². The van der Waals surface area contributed by atoms with Crippen molar-refractivity contribution in [3.8, 4) is 0 Å². The van der Waals surface area contributed by atoms with E-state index in [-0.39, 0.29) is 36.5 Å². The number of aryl methyl sites for hydroxylation is 1. The van der Waals surface area contributed by atoms with Crippen molar-refractivity contribution >= 4 is 17.8 Å². The molecular weight excluding hydrogens is 327 g/mol. The minimum Gasteiger partial charge on any atom is -0.481 e. The molecule has 1 saturated heterocycles. The molecule has 1 fully saturated rings. The number of carboxylic acids is 1. The third-order valence-electron chi connectivity index (χ3n) is 4.54. The molecule has 0 aromatic heterocycles. The van der Waals surface area contributed by atoms with Gasteiger partial charge >= 0.3 is 5.97 Å². The zero-order chi connectivity index (χ0) is 18.4. The van der Waals surface area contributed by atoms with Crippen LogP contribution < -0.4 is 0 Å². The highest BCUT2D eigenvalue weighted by Crippen LogP contribution is 2.17. The van der Waals surface area contributed by atoms with Crippen LogP contribution in [-0.4, -0.2) is 59.4 Å². The Morgan fingerprint density at radius 3 is 2.36 bits per heavy atom. The van der Waals surface area contributed by atoms with E-state index in [4.69, 9.17) is 5.11 Å². The minimum absolute atomic E-state index is 0.0139. The number of hydrogen-bond acceptors (Lipinski definition) is 3. The Kier molecular flexibility index (Phi) is 6.50. The topological polar surface area (TPSA) is 77.9 Å². The zero-order valence-corrected chi connectivity index (χ0v) is 14.3. The smallest absolute Gasteiger partial charge is 0.306 e. The van der Waals surface area contributed by atoms with Crippen LogP contribution in [0.3, 0.4) is 0 Å². The van der Waals surface area contributed by atoms with E-state index in [0.29, 0.717) is 32.4 Å². The lowest BCUT2D eigenvalue weighted by Crippen LogP contribution is -2.45. The maximum absolute atomic E-state index is 12.9. The van der Waals surface area contributed by atoms with Gasteiger partial charge in [-0.2, -0.15) is 0 Å². The molecule has 0 saturated carbocycles. The van der Waals surface area contributed by atoms with Crippen molar-refractivity contribution in [2.75, 3.05) is 26.7 Å². The van der Waals surface area contributed by atoms with Crippen LogP contribution >= 0.6 is 0 Å². The highest BCUT2D eigenvalue weighted by atomic mass is 19.1. The van der Waals surface area contributed by atoms with Crippen molar-refractivity contribution in [1.29, 1.82) is 0 Å². The van der Waals surface area contributed by atoms with Gasteiger partial charge in [0.05, 0.1) is 12.5 Å². The van der Waals surface area contributed by atoms with Gasteiger partial charge in [0.1, 0.15) is 5.82 Å². The van der Waals surface area contributed by atoms with Crippen LogP contribution in [0.15, 0.2) is 24.3 Å². The van der Waals surface area contributed by atoms with Gasteiger partial charge in [0, 0.05) is 26.6 Å². The quantitative estimate of drug-likeness (QED) is 0.844. The second-order valence-electron chi connectivity index (χ2n) is 6.37. The molecule has 1 aliphatic rings. The molecule has 25 heavy (non-hydrogen) atoms. The fourth-order valence-corrected chi connectivity index (χ4v) is 2.86. The summed E-state index contributed by atoms with van der Waals surface area (Å²) in [5.74, 6) is -1.84. The predicted molar refractivity (Wildman–Crippen MR) is 89.3 cm³/mol. The summed E-state index contributed by atoms with van der Waals surface area (Å²) in [6.07, 6.45) is 1.63. The lowest BCUT2D eigenvalue weighted by Gasteiger charge is -2.31. The van der Waals surface area contributed by atoms with Gasteiger partial charge in [-0.25, -0.2) is 4.39 Å². The summed E-state index contributed by atoms with van der Waals surface area (Å²) in [4.78, 5) is 38.3. The molecule has 6 nitrogen and oxygen atoms in total. The second-order valence-corrected chi connectivity index (χ2v) is 6.37. The first-order valence-corrected chi connectivity index (χ1v) is 8.36. The molecule has 0 spiro atoms. The summed E-state index contributed by atoms with van der Waals surface area (Å²) < 4.78 is 12.9. The largest absolute Gasteiger partial charge is 0.481 e. The Labute approximate surface area is 146 Å². The number of piperidine rings is 1. The van der Waals surface area contributed by atoms with Gasteiger partial charge in [0.15, 0.2) is 0 Å². The molecule has 1 aromatic rings. The van der Waals surface area contributed by atoms with Gasteiger partial charge in [-0.3, -0.25) is 14.4 Å². The molecule has 1 N–H and O–H groups in total. The lowest BCUT2D eigenvalue weighted by atomic mass is 9.97. The average molecular weight is 350 g/mol. The minimum atomic E-state index is -0.819. The van der Waals surface area contributed by atoms with Crippen LogP contribution in [0.5, 0.6) is 0 Å². The first kappa shape index (κ1) is 18.9. The highest BCUT2D eigenvalue weighted by Gasteiger charge is 2.27. The fraction of sp³-hybridized carbons (Fsp3) is 0.500. The fourth-order valence-electron chi connectivity index (χ4n) is 2.86. The Balaban J connectivity index is 1.75. The van der Waals surface area contributed by atoms with Crippen LogP contribution in [0.25, 0.3) is 0 Å². The van der Waals surface area contributed by atoms with Crippen molar-refractivity contribution in [2.24, 2.45) is 5.92 Å². The van der Waals surface area contributed by atoms with E-state index in [9.17, 15) is 18.8 Å². The van der Waals surface area contributed by atoms with Crippen molar-refractivity contribution < 1.29 is 23.9 Å². The van der Waals surface area contributed by atoms with Crippen molar-refractivity contribution in [2.45, 2.75) is 25.7 Å². The van der Waals surface area contributed by atoms with Crippen molar-refractivity contribution in [3.63, 3.8) is 0 Å². The number of carbonyl (C=O) groups is 3. The normalized spacial score (nSPS) is 15.0. The SMILES string of the molecule is CN(CC(=O)N1CCC(C(=O)O)CC1)C(=O)CCc1ccc(F)cc1. The van der Waals surface area contributed by atoms with Crippen LogP contribution in [-0.2, 0) is 20.8 Å². The lowest BCUT2D eigenvalue weighted by molar-refractivity contribution is -0.146. The molecule has 136 valence electrons. The average Bonchev–Trinajstić information content (AvgIpc) is 2.60. The monoisotopic (exact) mass is 350 g/mol. The van der Waals surface area contributed by atoms with Gasteiger partial charge in [-0.05, 0) is 37.0 Å². The number of benzene rings is 1. The third kappa shape index (κ3) is 5.55. The molecule has 0 bridgehead atoms. The summed E-state index contributed by atoms with van der Waals surface area (Å²) in [6.45, 7) is 0.806. The van der Waals surface area contributed by atoms with E-state index in [0.717, 1.165) is 5.56 Å². The number of aliphatic carboxylic acids is 1. The number of carbonyl (C=O) groups excluding carboxylic acids is 2. The number of halogens is 1. The van der Waals surface area contributed by atoms with Crippen molar-refractivity contribution in [3.05, 3.63) is 35.6 Å². The molecule has 1 aromatic carbocycles. The third-order valence-corrected chi connectivity index (χ3v) is 4.54. The molecule has 7 heteroatoms. The molecule has 0 aliphatic carbocycles. The zero-order valence-electron chi connectivity index (χ0n) is 14.3. The van der Waals surface area contributed by atoms with E-state index < -0.39 is 5.97 Å². The molecule has 0 unspecified atom stereocenters. The molecule has 2 amide bonds. The number of nitrogens with zero attached hydrogens (tertiary/aromatic N) is 2. The summed E-state index contributed by atoms with van der Waals surface area (Å²) >= 11 is 0. The second kappa shape index (κ2) is 8.60. The van der Waals surface area contributed by atoms with Crippen LogP contribution in [0.2, 0.25) is 0 Å². The van der Waals surface area contributed by atoms with Gasteiger partial charge in [0.2, 0.25) is 11.8 Å². The number of carboxylic acid groups (broad SMARTS) is 1. The molecule has 2 rings (SSSR count). The van der Waals surface area contributed by atoms with E-state index >= 15 is 0 Å². The van der Waals surface area contributed by atoms with Crippen molar-refractivity contribution in [1.82, 2.24) is 9.80 Å². The van der Waals surface area contributed by atoms with Gasteiger partial charge in [-0.1, -0.05) is 12.1 Å². The number of rotatable bonds is 6. The standard InChI is InChI=1S/C18H23FN2O4/c1-20(16(22)7-4-13-2-5-15(19)6-3-13)12-17(23)21-10-8-14(9-11-21)18(24)25/h2-3,5-6,14H,4,7-12H2,1H3,(H,24,25). The first-order chi connectivity index (χ1) is 11.9. The maximum atomic E-state index is 12.9. The predicted octanol–water partition coefficient (Wildman–Crippen LogP) is 1.54. The number of likely N-dealkylation sites (N-methyl/N-ethyl adjacent to an activating group) is 1. The van der Waals surface area contributed by atoms with Gasteiger partial charge in [0.25, 0.3) is 0 Å². The molecule has 0 atom stereocenters. The highest BCUT2D eigenvalue weighted by molar-refractivity contribution is 5.85.